The van der Waals surface area contributed by atoms with Crippen molar-refractivity contribution in [2.24, 2.45) is 16.7 Å². The number of rotatable bonds is 2. The van der Waals surface area contributed by atoms with Gasteiger partial charge < -0.3 is 9.84 Å². The standard InChI is InChI=1S/C13H17BrO4/c1-12-5-4-7(13(12,2)6-14)8(10(12)16)9(15)11(17)18-3/h7,15H,4-6H2,1-3H3/b9-8-. The summed E-state index contributed by atoms with van der Waals surface area (Å²) >= 11 is 3.47. The lowest BCUT2D eigenvalue weighted by Crippen LogP contribution is -2.36. The highest BCUT2D eigenvalue weighted by Crippen LogP contribution is 2.66. The Kier molecular flexibility index (Phi) is 3.08. The van der Waals surface area contributed by atoms with E-state index in [9.17, 15) is 14.7 Å². The Labute approximate surface area is 115 Å². The van der Waals surface area contributed by atoms with Crippen LogP contribution in [0.4, 0.5) is 0 Å². The Morgan fingerprint density at radius 2 is 2.17 bits per heavy atom. The third-order valence-electron chi connectivity index (χ3n) is 4.97. The Bertz CT molecular complexity index is 456. The van der Waals surface area contributed by atoms with Crippen LogP contribution in [0.2, 0.25) is 0 Å². The summed E-state index contributed by atoms with van der Waals surface area (Å²) < 4.78 is 4.50. The van der Waals surface area contributed by atoms with Crippen LogP contribution in [0.3, 0.4) is 0 Å². The molecule has 3 atom stereocenters. The molecule has 2 aliphatic rings. The summed E-state index contributed by atoms with van der Waals surface area (Å²) in [5.41, 5.74) is -0.488. The van der Waals surface area contributed by atoms with Gasteiger partial charge in [-0.15, -0.1) is 0 Å². The van der Waals surface area contributed by atoms with E-state index in [0.29, 0.717) is 5.33 Å². The van der Waals surface area contributed by atoms with Gasteiger partial charge >= 0.3 is 5.97 Å². The van der Waals surface area contributed by atoms with E-state index in [-0.39, 0.29) is 22.7 Å². The Hall–Kier alpha value is -0.840. The van der Waals surface area contributed by atoms with E-state index in [1.165, 1.54) is 7.11 Å². The second-order valence-corrected chi connectivity index (χ2v) is 6.12. The highest BCUT2D eigenvalue weighted by atomic mass is 79.9. The van der Waals surface area contributed by atoms with Crippen molar-refractivity contribution in [2.45, 2.75) is 26.7 Å². The second kappa shape index (κ2) is 4.08. The van der Waals surface area contributed by atoms with Gasteiger partial charge in [-0.2, -0.15) is 0 Å². The molecule has 2 saturated carbocycles. The zero-order valence-corrected chi connectivity index (χ0v) is 12.3. The fourth-order valence-electron chi connectivity index (χ4n) is 3.43. The Balaban J connectivity index is 2.57. The summed E-state index contributed by atoms with van der Waals surface area (Å²) in [6.45, 7) is 3.96. The molecule has 4 nitrogen and oxygen atoms in total. The number of esters is 1. The number of carbonyl (C=O) groups is 2. The van der Waals surface area contributed by atoms with E-state index in [0.717, 1.165) is 12.8 Å². The molecule has 0 amide bonds. The van der Waals surface area contributed by atoms with Crippen LogP contribution < -0.4 is 0 Å². The van der Waals surface area contributed by atoms with Crippen LogP contribution in [0.25, 0.3) is 0 Å². The summed E-state index contributed by atoms with van der Waals surface area (Å²) in [4.78, 5) is 23.9. The first kappa shape index (κ1) is 13.6. The summed E-state index contributed by atoms with van der Waals surface area (Å²) in [6.07, 6.45) is 1.62. The SMILES string of the molecule is COC(=O)/C(O)=C1/C(=O)C2(C)CCC1C2(C)CBr. The number of hydrogen-bond acceptors (Lipinski definition) is 4. The van der Waals surface area contributed by atoms with E-state index in [4.69, 9.17) is 0 Å². The maximum Gasteiger partial charge on any atom is 0.373 e. The third kappa shape index (κ3) is 1.37. The first-order chi connectivity index (χ1) is 8.33. The van der Waals surface area contributed by atoms with Crippen molar-refractivity contribution in [1.82, 2.24) is 0 Å². The van der Waals surface area contributed by atoms with Crippen molar-refractivity contribution in [3.63, 3.8) is 0 Å². The number of carbonyl (C=O) groups excluding carboxylic acids is 2. The molecule has 2 aliphatic carbocycles. The first-order valence-electron chi connectivity index (χ1n) is 5.95. The largest absolute Gasteiger partial charge is 0.502 e. The van der Waals surface area contributed by atoms with Crippen LogP contribution in [-0.2, 0) is 14.3 Å². The molecule has 18 heavy (non-hydrogen) atoms. The van der Waals surface area contributed by atoms with Gasteiger partial charge in [0.1, 0.15) is 0 Å². The van der Waals surface area contributed by atoms with E-state index in [2.05, 4.69) is 20.7 Å². The average Bonchev–Trinajstić information content (AvgIpc) is 2.71. The maximum atomic E-state index is 12.5. The molecule has 0 aromatic rings. The molecule has 2 bridgehead atoms. The molecule has 0 heterocycles. The minimum absolute atomic E-state index is 0.0755. The molecule has 0 saturated heterocycles. The van der Waals surface area contributed by atoms with Gasteiger partial charge in [0, 0.05) is 16.3 Å². The number of fused-ring (bicyclic) bond motifs is 2. The van der Waals surface area contributed by atoms with Crippen molar-refractivity contribution in [3.8, 4) is 0 Å². The number of Topliss-reactive ketones (excluding diaryl/α,β-unsaturated/α-hetero) is 1. The van der Waals surface area contributed by atoms with Crippen LogP contribution in [0.1, 0.15) is 26.7 Å². The van der Waals surface area contributed by atoms with Crippen molar-refractivity contribution in [2.75, 3.05) is 12.4 Å². The molecular formula is C13H17BrO4. The molecular weight excluding hydrogens is 300 g/mol. The fourth-order valence-corrected chi connectivity index (χ4v) is 4.44. The van der Waals surface area contributed by atoms with E-state index in [1.807, 2.05) is 13.8 Å². The molecule has 0 radical (unpaired) electrons. The molecule has 2 rings (SSSR count). The third-order valence-corrected chi connectivity index (χ3v) is 6.13. The molecule has 0 aliphatic heterocycles. The lowest BCUT2D eigenvalue weighted by Gasteiger charge is -2.34. The molecule has 1 N–H and O–H groups in total. The van der Waals surface area contributed by atoms with Gasteiger partial charge in [-0.25, -0.2) is 4.79 Å². The van der Waals surface area contributed by atoms with Gasteiger partial charge in [-0.05, 0) is 24.2 Å². The predicted octanol–water partition coefficient (Wildman–Crippen LogP) is 2.37. The molecule has 3 unspecified atom stereocenters. The zero-order valence-electron chi connectivity index (χ0n) is 10.7. The minimum atomic E-state index is -0.827. The van der Waals surface area contributed by atoms with Gasteiger partial charge in [0.05, 0.1) is 7.11 Å². The number of hydrogen-bond donors (Lipinski definition) is 1. The first-order valence-corrected chi connectivity index (χ1v) is 7.08. The van der Waals surface area contributed by atoms with Gasteiger partial charge in [0.15, 0.2) is 5.78 Å². The highest BCUT2D eigenvalue weighted by Gasteiger charge is 2.67. The Morgan fingerprint density at radius 3 is 2.61 bits per heavy atom. The zero-order chi connectivity index (χ0) is 13.7. The topological polar surface area (TPSA) is 63.6 Å². The van der Waals surface area contributed by atoms with Crippen molar-refractivity contribution in [3.05, 3.63) is 11.3 Å². The number of aliphatic hydroxyl groups is 1. The van der Waals surface area contributed by atoms with E-state index >= 15 is 0 Å². The molecule has 5 heteroatoms. The van der Waals surface area contributed by atoms with E-state index in [1.54, 1.807) is 0 Å². The number of ketones is 1. The van der Waals surface area contributed by atoms with Gasteiger partial charge in [-0.3, -0.25) is 4.79 Å². The maximum absolute atomic E-state index is 12.5. The summed E-state index contributed by atoms with van der Waals surface area (Å²) in [5, 5.41) is 10.6. The van der Waals surface area contributed by atoms with Crippen LogP contribution >= 0.6 is 15.9 Å². The number of aliphatic hydroxyl groups excluding tert-OH is 1. The number of methoxy groups -OCH3 is 1. The average molecular weight is 317 g/mol. The quantitative estimate of drug-likeness (QED) is 0.368. The summed E-state index contributed by atoms with van der Waals surface area (Å²) in [6, 6.07) is 0. The van der Waals surface area contributed by atoms with Gasteiger partial charge in [0.25, 0.3) is 0 Å². The monoisotopic (exact) mass is 316 g/mol. The lowest BCUT2D eigenvalue weighted by molar-refractivity contribution is -0.139. The van der Waals surface area contributed by atoms with Crippen molar-refractivity contribution < 1.29 is 19.4 Å². The Morgan fingerprint density at radius 1 is 1.56 bits per heavy atom. The van der Waals surface area contributed by atoms with E-state index < -0.39 is 17.1 Å². The predicted molar refractivity (Wildman–Crippen MR) is 69.4 cm³/mol. The second-order valence-electron chi connectivity index (χ2n) is 5.56. The van der Waals surface area contributed by atoms with Gasteiger partial charge in [-0.1, -0.05) is 29.8 Å². The molecule has 2 fully saturated rings. The summed E-state index contributed by atoms with van der Waals surface area (Å²) in [5.74, 6) is -1.52. The van der Waals surface area contributed by atoms with Gasteiger partial charge in [0.2, 0.25) is 5.76 Å². The van der Waals surface area contributed by atoms with Crippen LogP contribution in [0.15, 0.2) is 11.3 Å². The molecule has 0 spiro atoms. The van der Waals surface area contributed by atoms with Crippen LogP contribution in [0, 0.1) is 16.7 Å². The molecule has 0 aromatic heterocycles. The summed E-state index contributed by atoms with van der Waals surface area (Å²) in [7, 11) is 1.20. The number of allylic oxidation sites excluding steroid dienone is 1. The number of halogens is 1. The minimum Gasteiger partial charge on any atom is -0.502 e. The van der Waals surface area contributed by atoms with Crippen LogP contribution in [-0.4, -0.2) is 29.3 Å². The van der Waals surface area contributed by atoms with Crippen molar-refractivity contribution in [1.29, 1.82) is 0 Å². The lowest BCUT2D eigenvalue weighted by atomic mass is 9.70. The fraction of sp³-hybridized carbons (Fsp3) is 0.692. The normalized spacial score (nSPS) is 41.1. The van der Waals surface area contributed by atoms with Crippen LogP contribution in [0.5, 0.6) is 0 Å². The molecule has 0 aromatic carbocycles. The number of ether oxygens (including phenoxy) is 1. The molecule has 100 valence electrons. The highest BCUT2D eigenvalue weighted by molar-refractivity contribution is 9.09. The smallest absolute Gasteiger partial charge is 0.373 e. The number of alkyl halides is 1. The van der Waals surface area contributed by atoms with Crippen molar-refractivity contribution >= 4 is 27.7 Å².